The van der Waals surface area contributed by atoms with E-state index in [1.807, 2.05) is 18.6 Å². The molecular weight excluding hydrogens is 384 g/mol. The second-order valence-electron chi connectivity index (χ2n) is 7.49. The molecule has 4 saturated heterocycles. The molecule has 7 atom stereocenters. The largest absolute Gasteiger partial charge is 0.268 e. The van der Waals surface area contributed by atoms with E-state index in [2.05, 4.69) is 42.7 Å². The van der Waals surface area contributed by atoms with Crippen LogP contribution >= 0.6 is 34.0 Å². The van der Waals surface area contributed by atoms with Gasteiger partial charge in [-0.3, -0.25) is 14.7 Å². The molecule has 7 heterocycles. The Kier molecular flexibility index (Phi) is 3.42. The molecule has 0 N–H and O–H groups in total. The van der Waals surface area contributed by atoms with Crippen molar-refractivity contribution >= 4 is 34.0 Å². The van der Waals surface area contributed by atoms with Crippen LogP contribution in [-0.4, -0.2) is 49.4 Å². The van der Waals surface area contributed by atoms with Gasteiger partial charge in [-0.25, -0.2) is 15.0 Å². The summed E-state index contributed by atoms with van der Waals surface area (Å²) >= 11 is 5.29. The highest BCUT2D eigenvalue weighted by molar-refractivity contribution is 7.10. The molecule has 9 heteroatoms. The van der Waals surface area contributed by atoms with Crippen molar-refractivity contribution < 1.29 is 0 Å². The van der Waals surface area contributed by atoms with Crippen molar-refractivity contribution in [3.05, 3.63) is 49.8 Å². The average molecular weight is 403 g/mol. The van der Waals surface area contributed by atoms with Gasteiger partial charge in [-0.2, -0.15) is 0 Å². The normalized spacial score (nSPS) is 41.0. The van der Waals surface area contributed by atoms with Crippen molar-refractivity contribution in [2.45, 2.75) is 25.3 Å². The molecule has 6 nitrogen and oxygen atoms in total. The minimum absolute atomic E-state index is 0.164. The quantitative estimate of drug-likeness (QED) is 0.669. The first-order valence-corrected chi connectivity index (χ1v) is 11.3. The van der Waals surface area contributed by atoms with Gasteiger partial charge < -0.3 is 0 Å². The molecule has 4 fully saturated rings. The number of aromatic nitrogens is 3. The molecule has 0 spiro atoms. The molecule has 0 amide bonds. The molecule has 134 valence electrons. The maximum Gasteiger partial charge on any atom is 0.125 e. The molecule has 0 saturated carbocycles. The van der Waals surface area contributed by atoms with Crippen LogP contribution in [0.25, 0.3) is 0 Å². The first-order valence-electron chi connectivity index (χ1n) is 8.68. The van der Waals surface area contributed by atoms with Gasteiger partial charge in [0.1, 0.15) is 27.4 Å². The number of hydrogen-bond donors (Lipinski definition) is 0. The zero-order valence-corrected chi connectivity index (χ0v) is 16.7. The highest BCUT2D eigenvalue weighted by atomic mass is 32.1. The van der Waals surface area contributed by atoms with Gasteiger partial charge in [0.05, 0.1) is 12.7 Å². The van der Waals surface area contributed by atoms with Crippen LogP contribution in [-0.2, 0) is 0 Å². The third kappa shape index (κ3) is 2.10. The van der Waals surface area contributed by atoms with E-state index in [1.54, 1.807) is 34.0 Å². The summed E-state index contributed by atoms with van der Waals surface area (Å²) in [5, 5.41) is 9.88. The maximum atomic E-state index is 4.70. The fourth-order valence-corrected chi connectivity index (χ4v) is 7.55. The van der Waals surface area contributed by atoms with E-state index < -0.39 is 0 Å². The second-order valence-corrected chi connectivity index (χ2v) is 10.3. The summed E-state index contributed by atoms with van der Waals surface area (Å²) < 4.78 is 0. The van der Waals surface area contributed by atoms with E-state index in [4.69, 9.17) is 9.97 Å². The smallest absolute Gasteiger partial charge is 0.125 e. The van der Waals surface area contributed by atoms with Crippen molar-refractivity contribution in [1.29, 1.82) is 0 Å². The first-order chi connectivity index (χ1) is 12.7. The molecule has 6 unspecified atom stereocenters. The van der Waals surface area contributed by atoms with Crippen molar-refractivity contribution in [2.24, 2.45) is 5.41 Å². The highest BCUT2D eigenvalue weighted by Crippen LogP contribution is 2.59. The lowest BCUT2D eigenvalue weighted by atomic mass is 9.74. The van der Waals surface area contributed by atoms with Crippen molar-refractivity contribution in [3.63, 3.8) is 0 Å². The SMILES string of the molecule is C[C@@]12CN3CN(C(c4nccs4)N(C1)C3c1nccs1)C2c1nccs1. The molecule has 4 aliphatic heterocycles. The maximum absolute atomic E-state index is 4.70. The number of rotatable bonds is 3. The highest BCUT2D eigenvalue weighted by Gasteiger charge is 2.62. The van der Waals surface area contributed by atoms with Crippen LogP contribution < -0.4 is 0 Å². The lowest BCUT2D eigenvalue weighted by Gasteiger charge is -2.68. The Morgan fingerprint density at radius 2 is 1.46 bits per heavy atom. The van der Waals surface area contributed by atoms with Crippen LogP contribution in [0.2, 0.25) is 0 Å². The molecular formula is C17H18N6S3. The zero-order valence-electron chi connectivity index (χ0n) is 14.2. The van der Waals surface area contributed by atoms with Crippen LogP contribution in [0.3, 0.4) is 0 Å². The molecule has 4 bridgehead atoms. The second kappa shape index (κ2) is 5.63. The van der Waals surface area contributed by atoms with Gasteiger partial charge in [-0.05, 0) is 0 Å². The Bertz CT molecular complexity index is 893. The standard InChI is InChI=1S/C17H18N6S3/c1-17-8-21-10-23(11(17)12-18-2-5-24-12)16(14-20-4-7-26-14)22(9-17)15(21)13-19-3-6-25-13/h2-7,11,15-16H,8-10H2,1H3/t11?,15?,16?,17-/m1/s1. The fraction of sp³-hybridized carbons (Fsp3) is 0.471. The minimum atomic E-state index is 0.164. The van der Waals surface area contributed by atoms with Gasteiger partial charge in [0.15, 0.2) is 0 Å². The van der Waals surface area contributed by atoms with E-state index in [0.29, 0.717) is 6.04 Å². The average Bonchev–Trinajstić information content (AvgIpc) is 3.38. The van der Waals surface area contributed by atoms with Gasteiger partial charge >= 0.3 is 0 Å². The van der Waals surface area contributed by atoms with Crippen LogP contribution in [0.15, 0.2) is 34.7 Å². The van der Waals surface area contributed by atoms with Gasteiger partial charge in [-0.1, -0.05) is 6.92 Å². The summed E-state index contributed by atoms with van der Waals surface area (Å²) in [5.74, 6) is 0. The molecule has 26 heavy (non-hydrogen) atoms. The predicted molar refractivity (Wildman–Crippen MR) is 103 cm³/mol. The molecule has 0 radical (unpaired) electrons. The van der Waals surface area contributed by atoms with Crippen LogP contribution in [0, 0.1) is 5.41 Å². The zero-order chi connectivity index (χ0) is 17.3. The monoisotopic (exact) mass is 402 g/mol. The number of nitrogens with zero attached hydrogens (tertiary/aromatic N) is 6. The summed E-state index contributed by atoms with van der Waals surface area (Å²) in [6, 6.07) is 0.348. The van der Waals surface area contributed by atoms with Gasteiger partial charge in [0.2, 0.25) is 0 Å². The Hall–Kier alpha value is -1.23. The summed E-state index contributed by atoms with van der Waals surface area (Å²) in [5.41, 5.74) is 0.164. The van der Waals surface area contributed by atoms with E-state index >= 15 is 0 Å². The van der Waals surface area contributed by atoms with E-state index in [-0.39, 0.29) is 17.7 Å². The van der Waals surface area contributed by atoms with E-state index in [9.17, 15) is 0 Å². The Morgan fingerprint density at radius 1 is 0.846 bits per heavy atom. The molecule has 7 rings (SSSR count). The predicted octanol–water partition coefficient (Wildman–Crippen LogP) is 3.41. The summed E-state index contributed by atoms with van der Waals surface area (Å²) in [7, 11) is 0. The van der Waals surface area contributed by atoms with E-state index in [1.165, 1.54) is 15.0 Å². The van der Waals surface area contributed by atoms with Gasteiger partial charge in [0.25, 0.3) is 0 Å². The summed E-state index contributed by atoms with van der Waals surface area (Å²) in [6.07, 6.45) is 6.23. The lowest BCUT2D eigenvalue weighted by molar-refractivity contribution is -0.275. The van der Waals surface area contributed by atoms with Crippen LogP contribution in [0.4, 0.5) is 0 Å². The van der Waals surface area contributed by atoms with Crippen molar-refractivity contribution in [3.8, 4) is 0 Å². The molecule has 3 aromatic rings. The minimum Gasteiger partial charge on any atom is -0.268 e. The molecule has 3 aromatic heterocycles. The van der Waals surface area contributed by atoms with Crippen LogP contribution in [0.1, 0.15) is 40.3 Å². The van der Waals surface area contributed by atoms with Crippen molar-refractivity contribution in [1.82, 2.24) is 29.7 Å². The lowest BCUT2D eigenvalue weighted by Crippen LogP contribution is -2.74. The number of hydrogen-bond acceptors (Lipinski definition) is 9. The Labute approximate surface area is 163 Å². The van der Waals surface area contributed by atoms with Crippen LogP contribution in [0.5, 0.6) is 0 Å². The number of thiazole rings is 3. The van der Waals surface area contributed by atoms with Gasteiger partial charge in [0, 0.05) is 53.2 Å². The molecule has 4 aliphatic rings. The Balaban J connectivity index is 1.49. The van der Waals surface area contributed by atoms with Crippen molar-refractivity contribution in [2.75, 3.05) is 19.8 Å². The summed E-state index contributed by atoms with van der Waals surface area (Å²) in [4.78, 5) is 21.9. The first kappa shape index (κ1) is 15.8. The summed E-state index contributed by atoms with van der Waals surface area (Å²) in [6.45, 7) is 5.48. The fourth-order valence-electron chi connectivity index (χ4n) is 5.05. The Morgan fingerprint density at radius 3 is 2.08 bits per heavy atom. The molecule has 0 aromatic carbocycles. The van der Waals surface area contributed by atoms with E-state index in [0.717, 1.165) is 19.8 Å². The molecule has 0 aliphatic carbocycles. The van der Waals surface area contributed by atoms with Gasteiger partial charge in [-0.15, -0.1) is 34.0 Å². The third-order valence-corrected chi connectivity index (χ3v) is 8.22. The topological polar surface area (TPSA) is 48.4 Å². The third-order valence-electron chi connectivity index (χ3n) is 5.76.